The van der Waals surface area contributed by atoms with Crippen molar-refractivity contribution in [2.24, 2.45) is 5.18 Å². The second-order valence-electron chi connectivity index (χ2n) is 3.84. The Morgan fingerprint density at radius 1 is 1.47 bits per heavy atom. The molecule has 0 saturated carbocycles. The monoisotopic (exact) mass is 231 g/mol. The predicted molar refractivity (Wildman–Crippen MR) is 75.9 cm³/mol. The van der Waals surface area contributed by atoms with E-state index in [-0.39, 0.29) is 0 Å². The van der Waals surface area contributed by atoms with Crippen LogP contribution in [0.3, 0.4) is 0 Å². The molecule has 92 valence electrons. The fourth-order valence-corrected chi connectivity index (χ4v) is 1.46. The van der Waals surface area contributed by atoms with Gasteiger partial charge in [0.05, 0.1) is 0 Å². The van der Waals surface area contributed by atoms with Gasteiger partial charge in [-0.25, -0.2) is 0 Å². The van der Waals surface area contributed by atoms with E-state index in [1.807, 2.05) is 39.0 Å². The highest BCUT2D eigenvalue weighted by molar-refractivity contribution is 5.54. The van der Waals surface area contributed by atoms with Crippen molar-refractivity contribution in [1.82, 2.24) is 0 Å². The van der Waals surface area contributed by atoms with Crippen LogP contribution in [0.2, 0.25) is 0 Å². The van der Waals surface area contributed by atoms with Crippen molar-refractivity contribution in [3.8, 4) is 0 Å². The van der Waals surface area contributed by atoms with Gasteiger partial charge in [0.25, 0.3) is 0 Å². The Labute approximate surface area is 104 Å². The molecule has 2 heteroatoms. The molecule has 0 N–H and O–H groups in total. The summed E-state index contributed by atoms with van der Waals surface area (Å²) in [5, 5.41) is 3.12. The van der Waals surface area contributed by atoms with Crippen LogP contribution >= 0.6 is 0 Å². The fraction of sp³-hybridized carbons (Fsp3) is 0.333. The van der Waals surface area contributed by atoms with Gasteiger partial charge < -0.3 is 0 Å². The van der Waals surface area contributed by atoms with Gasteiger partial charge in [-0.1, -0.05) is 56.0 Å². The van der Waals surface area contributed by atoms with Gasteiger partial charge in [-0.3, -0.25) is 0 Å². The summed E-state index contributed by atoms with van der Waals surface area (Å²) in [5.41, 5.74) is 2.00. The first-order valence-electron chi connectivity index (χ1n) is 5.78. The Bertz CT molecular complexity index is 399. The lowest BCUT2D eigenvalue weighted by molar-refractivity contribution is 0.727. The quantitative estimate of drug-likeness (QED) is 0.646. The van der Waals surface area contributed by atoms with Gasteiger partial charge in [-0.2, -0.15) is 0 Å². The largest absolute Gasteiger partial charge is 0.150 e. The second kappa shape index (κ2) is 6.79. The summed E-state index contributed by atoms with van der Waals surface area (Å²) in [6.45, 7) is 15.3. The van der Waals surface area contributed by atoms with Crippen molar-refractivity contribution < 1.29 is 0 Å². The molecule has 0 amide bonds. The third kappa shape index (κ3) is 3.99. The van der Waals surface area contributed by atoms with Crippen molar-refractivity contribution in [3.05, 3.63) is 65.2 Å². The summed E-state index contributed by atoms with van der Waals surface area (Å²) in [5.74, 6) is 0. The van der Waals surface area contributed by atoms with E-state index >= 15 is 0 Å². The van der Waals surface area contributed by atoms with E-state index in [1.54, 1.807) is 19.1 Å². The third-order valence-electron chi connectivity index (χ3n) is 2.33. The summed E-state index contributed by atoms with van der Waals surface area (Å²) in [6, 6.07) is 0. The molecule has 0 aromatic heterocycles. The Hall–Kier alpha value is -1.70. The van der Waals surface area contributed by atoms with E-state index in [0.717, 1.165) is 16.7 Å². The van der Waals surface area contributed by atoms with Gasteiger partial charge in [-0.15, -0.1) is 4.91 Å². The molecule has 0 aromatic rings. The van der Waals surface area contributed by atoms with E-state index in [0.29, 0.717) is 0 Å². The SMILES string of the molecule is C=CC1=CC=CC(C)(N=O)C=C1C(=C)C.CC. The number of nitroso groups, excluding NO2 is 1. The van der Waals surface area contributed by atoms with Crippen LogP contribution in [0.4, 0.5) is 0 Å². The molecule has 0 aromatic carbocycles. The molecule has 0 saturated heterocycles. The average molecular weight is 231 g/mol. The smallest absolute Gasteiger partial charge is 0.137 e. The van der Waals surface area contributed by atoms with Crippen molar-refractivity contribution in [2.75, 3.05) is 0 Å². The molecule has 1 aliphatic carbocycles. The number of allylic oxidation sites excluding steroid dienone is 6. The van der Waals surface area contributed by atoms with E-state index < -0.39 is 5.54 Å². The zero-order chi connectivity index (χ0) is 13.5. The van der Waals surface area contributed by atoms with Gasteiger partial charge in [-0.05, 0) is 37.1 Å². The summed E-state index contributed by atoms with van der Waals surface area (Å²) in [7, 11) is 0. The van der Waals surface area contributed by atoms with Crippen LogP contribution in [0, 0.1) is 4.91 Å². The summed E-state index contributed by atoms with van der Waals surface area (Å²) >= 11 is 0. The molecule has 0 radical (unpaired) electrons. The van der Waals surface area contributed by atoms with Gasteiger partial charge in [0.2, 0.25) is 0 Å². The first kappa shape index (κ1) is 15.3. The molecule has 1 aliphatic rings. The van der Waals surface area contributed by atoms with Crippen LogP contribution in [0.5, 0.6) is 0 Å². The maximum atomic E-state index is 10.8. The molecule has 0 fully saturated rings. The summed E-state index contributed by atoms with van der Waals surface area (Å²) in [4.78, 5) is 10.8. The first-order chi connectivity index (χ1) is 8.02. The van der Waals surface area contributed by atoms with Crippen LogP contribution in [0.25, 0.3) is 0 Å². The van der Waals surface area contributed by atoms with Crippen molar-refractivity contribution in [2.45, 2.75) is 33.2 Å². The van der Waals surface area contributed by atoms with Crippen LogP contribution in [-0.2, 0) is 0 Å². The van der Waals surface area contributed by atoms with Crippen LogP contribution < -0.4 is 0 Å². The minimum absolute atomic E-state index is 0.796. The second-order valence-corrected chi connectivity index (χ2v) is 3.84. The molecular weight excluding hydrogens is 210 g/mol. The molecule has 0 aliphatic heterocycles. The topological polar surface area (TPSA) is 29.4 Å². The number of hydrogen-bond donors (Lipinski definition) is 0. The molecule has 1 unspecified atom stereocenters. The normalized spacial score (nSPS) is 22.4. The van der Waals surface area contributed by atoms with Gasteiger partial charge in [0, 0.05) is 0 Å². The number of rotatable bonds is 3. The highest BCUT2D eigenvalue weighted by Gasteiger charge is 2.21. The summed E-state index contributed by atoms with van der Waals surface area (Å²) < 4.78 is 0. The van der Waals surface area contributed by atoms with E-state index in [2.05, 4.69) is 18.3 Å². The Kier molecular flexibility index (Phi) is 6.11. The molecule has 0 heterocycles. The summed E-state index contributed by atoms with van der Waals surface area (Å²) in [6.07, 6.45) is 9.06. The highest BCUT2D eigenvalue weighted by atomic mass is 16.3. The first-order valence-corrected chi connectivity index (χ1v) is 5.78. The maximum absolute atomic E-state index is 10.8. The maximum Gasteiger partial charge on any atom is 0.137 e. The molecule has 2 nitrogen and oxygen atoms in total. The number of hydrogen-bond acceptors (Lipinski definition) is 2. The molecule has 1 rings (SSSR count). The minimum atomic E-state index is -0.796. The lowest BCUT2D eigenvalue weighted by Crippen LogP contribution is -2.14. The van der Waals surface area contributed by atoms with Crippen LogP contribution in [0.15, 0.2) is 65.4 Å². The Morgan fingerprint density at radius 3 is 2.47 bits per heavy atom. The molecule has 0 spiro atoms. The minimum Gasteiger partial charge on any atom is -0.150 e. The van der Waals surface area contributed by atoms with Gasteiger partial charge in [0.15, 0.2) is 0 Å². The average Bonchev–Trinajstić information content (AvgIpc) is 2.51. The third-order valence-corrected chi connectivity index (χ3v) is 2.33. The molecule has 0 bridgehead atoms. The van der Waals surface area contributed by atoms with Crippen LogP contribution in [-0.4, -0.2) is 5.54 Å². The highest BCUT2D eigenvalue weighted by Crippen LogP contribution is 2.28. The lowest BCUT2D eigenvalue weighted by atomic mass is 9.94. The zero-order valence-electron chi connectivity index (χ0n) is 11.2. The fourth-order valence-electron chi connectivity index (χ4n) is 1.46. The number of nitrogens with zero attached hydrogens (tertiary/aromatic N) is 1. The van der Waals surface area contributed by atoms with E-state index in [4.69, 9.17) is 0 Å². The molecular formula is C15H21NO. The van der Waals surface area contributed by atoms with Crippen LogP contribution in [0.1, 0.15) is 27.7 Å². The van der Waals surface area contributed by atoms with Crippen molar-refractivity contribution >= 4 is 0 Å². The molecule has 17 heavy (non-hydrogen) atoms. The lowest BCUT2D eigenvalue weighted by Gasteiger charge is -2.14. The predicted octanol–water partition coefficient (Wildman–Crippen LogP) is 4.72. The zero-order valence-corrected chi connectivity index (χ0v) is 11.2. The van der Waals surface area contributed by atoms with Gasteiger partial charge >= 0.3 is 0 Å². The van der Waals surface area contributed by atoms with E-state index in [9.17, 15) is 4.91 Å². The Morgan fingerprint density at radius 2 is 2.06 bits per heavy atom. The van der Waals surface area contributed by atoms with Crippen molar-refractivity contribution in [3.63, 3.8) is 0 Å². The van der Waals surface area contributed by atoms with E-state index in [1.165, 1.54) is 0 Å². The Balaban J connectivity index is 0.00000121. The van der Waals surface area contributed by atoms with Gasteiger partial charge in [0.1, 0.15) is 5.54 Å². The molecule has 1 atom stereocenters. The van der Waals surface area contributed by atoms with Crippen molar-refractivity contribution in [1.29, 1.82) is 0 Å². The standard InChI is InChI=1S/C13H15NO.C2H6/c1-5-11-7-6-8-13(4,14-15)9-12(11)10(2)3;1-2/h5-9H,1-2H2,3-4H3;1-2H3.